The van der Waals surface area contributed by atoms with Crippen LogP contribution < -0.4 is 10.1 Å². The Labute approximate surface area is 190 Å². The summed E-state index contributed by atoms with van der Waals surface area (Å²) < 4.78 is 5.45. The van der Waals surface area contributed by atoms with Gasteiger partial charge in [-0.2, -0.15) is 0 Å². The molecule has 0 unspecified atom stereocenters. The van der Waals surface area contributed by atoms with E-state index in [-0.39, 0.29) is 24.3 Å². The molecule has 5 rings (SSSR count). The summed E-state index contributed by atoms with van der Waals surface area (Å²) in [7, 11) is 3.45. The molecule has 2 aromatic carbocycles. The van der Waals surface area contributed by atoms with Gasteiger partial charge in [-0.15, -0.1) is 0 Å². The van der Waals surface area contributed by atoms with E-state index in [9.17, 15) is 14.4 Å². The number of anilines is 1. The Balaban J connectivity index is 1.36. The van der Waals surface area contributed by atoms with Crippen LogP contribution in [0.25, 0.3) is 16.5 Å². The minimum atomic E-state index is -0.204. The van der Waals surface area contributed by atoms with E-state index in [1.807, 2.05) is 29.2 Å². The Morgan fingerprint density at radius 1 is 1.09 bits per heavy atom. The summed E-state index contributed by atoms with van der Waals surface area (Å²) in [4.78, 5) is 43.5. The van der Waals surface area contributed by atoms with Gasteiger partial charge in [0.15, 0.2) is 6.61 Å². The Morgan fingerprint density at radius 2 is 1.94 bits per heavy atom. The number of nitrogens with zero attached hydrogens (tertiary/aromatic N) is 2. The van der Waals surface area contributed by atoms with Crippen molar-refractivity contribution < 1.29 is 19.1 Å². The molecule has 3 aromatic rings. The lowest BCUT2D eigenvalue weighted by Gasteiger charge is -2.28. The van der Waals surface area contributed by atoms with E-state index in [0.717, 1.165) is 28.5 Å². The average Bonchev–Trinajstić information content (AvgIpc) is 3.26. The van der Waals surface area contributed by atoms with Crippen LogP contribution >= 0.6 is 0 Å². The van der Waals surface area contributed by atoms with E-state index in [0.29, 0.717) is 35.8 Å². The zero-order valence-electron chi connectivity index (χ0n) is 18.5. The Bertz CT molecular complexity index is 1320. The topological polar surface area (TPSA) is 94.7 Å². The first kappa shape index (κ1) is 20.8. The van der Waals surface area contributed by atoms with Crippen LogP contribution in [-0.4, -0.2) is 66.3 Å². The maximum atomic E-state index is 13.2. The number of nitrogens with one attached hydrogen (secondary N) is 2. The molecule has 0 radical (unpaired) electrons. The van der Waals surface area contributed by atoms with Crippen LogP contribution in [0.4, 0.5) is 5.69 Å². The lowest BCUT2D eigenvalue weighted by atomic mass is 9.99. The maximum Gasteiger partial charge on any atom is 0.269 e. The lowest BCUT2D eigenvalue weighted by Crippen LogP contribution is -2.35. The first-order valence-corrected chi connectivity index (χ1v) is 10.8. The molecule has 0 atom stereocenters. The van der Waals surface area contributed by atoms with Crippen LogP contribution in [0.2, 0.25) is 0 Å². The molecule has 0 fully saturated rings. The van der Waals surface area contributed by atoms with E-state index in [4.69, 9.17) is 4.74 Å². The molecule has 8 heteroatoms. The number of amides is 3. The SMILES string of the molecule is CN(C)C(=O)c1cc2ccc(C3=CCCN(C(=O)c4ccc5c(c4)OCC(=O)N5)C3)cc2[nH]1. The molecule has 3 amide bonds. The zero-order valence-corrected chi connectivity index (χ0v) is 18.5. The van der Waals surface area contributed by atoms with Gasteiger partial charge in [0.05, 0.1) is 5.69 Å². The average molecular weight is 444 g/mol. The molecule has 2 aliphatic rings. The van der Waals surface area contributed by atoms with Gasteiger partial charge in [-0.05, 0) is 47.9 Å². The number of ether oxygens (including phenoxy) is 1. The fourth-order valence-electron chi connectivity index (χ4n) is 4.20. The van der Waals surface area contributed by atoms with Crippen LogP contribution in [0.1, 0.15) is 32.8 Å². The van der Waals surface area contributed by atoms with Gasteiger partial charge in [0.25, 0.3) is 17.7 Å². The third-order valence-corrected chi connectivity index (χ3v) is 5.93. The van der Waals surface area contributed by atoms with Gasteiger partial charge >= 0.3 is 0 Å². The summed E-state index contributed by atoms with van der Waals surface area (Å²) in [5, 5.41) is 3.71. The second-order valence-corrected chi connectivity index (χ2v) is 8.48. The number of hydrogen-bond acceptors (Lipinski definition) is 4. The third-order valence-electron chi connectivity index (χ3n) is 5.93. The number of benzene rings is 2. The molecule has 0 bridgehead atoms. The van der Waals surface area contributed by atoms with Gasteiger partial charge in [-0.1, -0.05) is 18.2 Å². The maximum absolute atomic E-state index is 13.2. The number of aromatic nitrogens is 1. The fraction of sp³-hybridized carbons (Fsp3) is 0.240. The number of rotatable bonds is 3. The van der Waals surface area contributed by atoms with Gasteiger partial charge in [0.1, 0.15) is 11.4 Å². The second-order valence-electron chi connectivity index (χ2n) is 8.48. The minimum Gasteiger partial charge on any atom is -0.482 e. The van der Waals surface area contributed by atoms with Crippen molar-refractivity contribution in [1.29, 1.82) is 0 Å². The molecule has 0 aliphatic carbocycles. The van der Waals surface area contributed by atoms with Crippen LogP contribution in [-0.2, 0) is 4.79 Å². The predicted molar refractivity (Wildman–Crippen MR) is 125 cm³/mol. The Hall–Kier alpha value is -4.07. The molecular weight excluding hydrogens is 420 g/mol. The zero-order chi connectivity index (χ0) is 23.1. The lowest BCUT2D eigenvalue weighted by molar-refractivity contribution is -0.118. The quantitative estimate of drug-likeness (QED) is 0.649. The number of aromatic amines is 1. The van der Waals surface area contributed by atoms with Crippen molar-refractivity contribution in [3.05, 3.63) is 65.4 Å². The van der Waals surface area contributed by atoms with Crippen LogP contribution in [0.15, 0.2) is 48.5 Å². The van der Waals surface area contributed by atoms with Crippen molar-refractivity contribution in [2.75, 3.05) is 39.1 Å². The van der Waals surface area contributed by atoms with Gasteiger partial charge in [0, 0.05) is 43.7 Å². The third kappa shape index (κ3) is 3.95. The highest BCUT2D eigenvalue weighted by atomic mass is 16.5. The molecule has 0 saturated carbocycles. The summed E-state index contributed by atoms with van der Waals surface area (Å²) in [5.41, 5.74) is 4.62. The highest BCUT2D eigenvalue weighted by Crippen LogP contribution is 2.30. The van der Waals surface area contributed by atoms with E-state index in [2.05, 4.69) is 16.4 Å². The van der Waals surface area contributed by atoms with E-state index >= 15 is 0 Å². The van der Waals surface area contributed by atoms with Crippen molar-refractivity contribution in [3.8, 4) is 5.75 Å². The van der Waals surface area contributed by atoms with Crippen LogP contribution in [0, 0.1) is 0 Å². The summed E-state index contributed by atoms with van der Waals surface area (Å²) >= 11 is 0. The van der Waals surface area contributed by atoms with Gasteiger partial charge < -0.3 is 24.8 Å². The highest BCUT2D eigenvalue weighted by Gasteiger charge is 2.23. The smallest absolute Gasteiger partial charge is 0.269 e. The van der Waals surface area contributed by atoms with Gasteiger partial charge in [-0.25, -0.2) is 0 Å². The first-order chi connectivity index (χ1) is 15.9. The Kier molecular flexibility index (Phi) is 5.12. The first-order valence-electron chi connectivity index (χ1n) is 10.8. The monoisotopic (exact) mass is 444 g/mol. The summed E-state index contributed by atoms with van der Waals surface area (Å²) in [6.45, 7) is 1.07. The standard InChI is InChI=1S/C25H24N4O4/c1-28(2)25(32)21-11-16-6-5-15(10-20(16)26-21)18-4-3-9-29(13-18)24(31)17-7-8-19-22(12-17)33-14-23(30)27-19/h4-8,10-12,26H,3,9,13-14H2,1-2H3,(H,27,30). The molecule has 33 heavy (non-hydrogen) atoms. The Morgan fingerprint density at radius 3 is 2.76 bits per heavy atom. The van der Waals surface area contributed by atoms with Gasteiger partial charge in [0.2, 0.25) is 0 Å². The van der Waals surface area contributed by atoms with Gasteiger partial charge in [-0.3, -0.25) is 14.4 Å². The van der Waals surface area contributed by atoms with Crippen LogP contribution in [0.3, 0.4) is 0 Å². The number of H-pyrrole nitrogens is 1. The largest absolute Gasteiger partial charge is 0.482 e. The molecule has 2 aliphatic heterocycles. The van der Waals surface area contributed by atoms with E-state index in [1.165, 1.54) is 0 Å². The van der Waals surface area contributed by atoms with Crippen molar-refractivity contribution in [2.24, 2.45) is 0 Å². The number of carbonyl (C=O) groups excluding carboxylic acids is 3. The van der Waals surface area contributed by atoms with E-state index < -0.39 is 0 Å². The molecule has 0 spiro atoms. The van der Waals surface area contributed by atoms with E-state index in [1.54, 1.807) is 37.2 Å². The second kappa shape index (κ2) is 8.12. The minimum absolute atomic E-state index is 0.0513. The van der Waals surface area contributed by atoms with Crippen molar-refractivity contribution in [3.63, 3.8) is 0 Å². The predicted octanol–water partition coefficient (Wildman–Crippen LogP) is 3.13. The molecule has 3 heterocycles. The van der Waals surface area contributed by atoms with Crippen molar-refractivity contribution >= 4 is 39.9 Å². The fourth-order valence-corrected chi connectivity index (χ4v) is 4.20. The molecule has 1 aromatic heterocycles. The van der Waals surface area contributed by atoms with Crippen molar-refractivity contribution in [2.45, 2.75) is 6.42 Å². The molecule has 2 N–H and O–H groups in total. The number of carbonyl (C=O) groups is 3. The van der Waals surface area contributed by atoms with Crippen LogP contribution in [0.5, 0.6) is 5.75 Å². The summed E-state index contributed by atoms with van der Waals surface area (Å²) in [6, 6.07) is 13.0. The molecular formula is C25H24N4O4. The summed E-state index contributed by atoms with van der Waals surface area (Å²) in [6.07, 6.45) is 2.91. The summed E-state index contributed by atoms with van der Waals surface area (Å²) in [5.74, 6) is 0.150. The highest BCUT2D eigenvalue weighted by molar-refractivity contribution is 6.00. The normalized spacial score (nSPS) is 15.4. The molecule has 8 nitrogen and oxygen atoms in total. The molecule has 0 saturated heterocycles. The molecule has 168 valence electrons. The number of fused-ring (bicyclic) bond motifs is 2. The number of hydrogen-bond donors (Lipinski definition) is 2. The van der Waals surface area contributed by atoms with Crippen molar-refractivity contribution in [1.82, 2.24) is 14.8 Å².